The van der Waals surface area contributed by atoms with E-state index in [9.17, 15) is 4.79 Å². The second kappa shape index (κ2) is 8.40. The van der Waals surface area contributed by atoms with E-state index in [1.807, 2.05) is 48.2 Å². The minimum atomic E-state index is 0.0421. The van der Waals surface area contributed by atoms with Gasteiger partial charge in [0, 0.05) is 44.9 Å². The summed E-state index contributed by atoms with van der Waals surface area (Å²) >= 11 is 6.37. The fraction of sp³-hybridized carbons (Fsp3) is 0.269. The monoisotopic (exact) mass is 447 g/mol. The zero-order chi connectivity index (χ0) is 22.2. The molecule has 1 saturated heterocycles. The number of nitrogens with zero attached hydrogens (tertiary/aromatic N) is 3. The summed E-state index contributed by atoms with van der Waals surface area (Å²) in [6, 6.07) is 20.2. The summed E-state index contributed by atoms with van der Waals surface area (Å²) in [4.78, 5) is 17.7. The number of carbonyl (C=O) groups excluding carboxylic acids is 1. The van der Waals surface area contributed by atoms with E-state index < -0.39 is 0 Å². The van der Waals surface area contributed by atoms with Crippen molar-refractivity contribution in [2.24, 2.45) is 0 Å². The van der Waals surface area contributed by atoms with Crippen molar-refractivity contribution < 1.29 is 9.21 Å². The number of carbonyl (C=O) groups is 1. The third-order valence-electron chi connectivity index (χ3n) is 6.12. The molecular formula is C26H26ClN3O2. The molecule has 0 aliphatic carbocycles. The number of para-hydroxylation sites is 1. The van der Waals surface area contributed by atoms with Crippen LogP contribution >= 0.6 is 11.6 Å². The average molecular weight is 448 g/mol. The van der Waals surface area contributed by atoms with Gasteiger partial charge in [0.2, 0.25) is 0 Å². The van der Waals surface area contributed by atoms with Crippen LogP contribution < -0.4 is 4.90 Å². The summed E-state index contributed by atoms with van der Waals surface area (Å²) < 4.78 is 7.95. The Hall–Kier alpha value is -3.18. The number of hydrogen-bond acceptors (Lipinski definition) is 3. The van der Waals surface area contributed by atoms with Gasteiger partial charge in [0.25, 0.3) is 5.91 Å². The van der Waals surface area contributed by atoms with E-state index in [2.05, 4.69) is 40.7 Å². The van der Waals surface area contributed by atoms with Gasteiger partial charge in [0.1, 0.15) is 11.5 Å². The van der Waals surface area contributed by atoms with Gasteiger partial charge in [-0.2, -0.15) is 0 Å². The van der Waals surface area contributed by atoms with E-state index in [4.69, 9.17) is 16.0 Å². The number of rotatable bonds is 4. The Morgan fingerprint density at radius 2 is 1.75 bits per heavy atom. The minimum absolute atomic E-state index is 0.0421. The van der Waals surface area contributed by atoms with E-state index in [1.54, 1.807) is 0 Å². The van der Waals surface area contributed by atoms with E-state index in [0.29, 0.717) is 25.3 Å². The Kier molecular flexibility index (Phi) is 5.43. The van der Waals surface area contributed by atoms with Crippen LogP contribution in [0.4, 0.5) is 5.69 Å². The summed E-state index contributed by atoms with van der Waals surface area (Å²) in [5.41, 5.74) is 5.79. The highest BCUT2D eigenvalue weighted by Crippen LogP contribution is 2.28. The van der Waals surface area contributed by atoms with Crippen molar-refractivity contribution in [1.29, 1.82) is 0 Å². The van der Waals surface area contributed by atoms with Crippen molar-refractivity contribution in [3.63, 3.8) is 0 Å². The molecule has 32 heavy (non-hydrogen) atoms. The van der Waals surface area contributed by atoms with Gasteiger partial charge in [0.15, 0.2) is 5.58 Å². The molecule has 0 N–H and O–H groups in total. The highest BCUT2D eigenvalue weighted by atomic mass is 35.5. The summed E-state index contributed by atoms with van der Waals surface area (Å²) in [6.07, 6.45) is 0. The lowest BCUT2D eigenvalue weighted by Gasteiger charge is -2.36. The number of piperazine rings is 1. The van der Waals surface area contributed by atoms with Gasteiger partial charge in [-0.25, -0.2) is 0 Å². The number of halogens is 1. The molecule has 0 atom stereocenters. The van der Waals surface area contributed by atoms with Crippen LogP contribution in [0.2, 0.25) is 5.02 Å². The Balaban J connectivity index is 1.40. The van der Waals surface area contributed by atoms with E-state index in [-0.39, 0.29) is 5.91 Å². The Morgan fingerprint density at radius 1 is 0.969 bits per heavy atom. The number of furan rings is 1. The van der Waals surface area contributed by atoms with Gasteiger partial charge in [-0.1, -0.05) is 53.6 Å². The molecule has 1 fully saturated rings. The summed E-state index contributed by atoms with van der Waals surface area (Å²) in [5, 5.41) is 0.745. The standard InChI is InChI=1S/C26H26ClN3O2/c1-18-6-5-7-20(14-18)17-30-23-15-19(2)32-25(23)16-24(30)26(31)29-12-10-28(11-13-29)22-9-4-3-8-21(22)27/h3-9,14-16H,10-13,17H2,1-2H3. The van der Waals surface area contributed by atoms with Crippen LogP contribution in [0, 0.1) is 13.8 Å². The van der Waals surface area contributed by atoms with E-state index in [1.165, 1.54) is 11.1 Å². The van der Waals surface area contributed by atoms with E-state index in [0.717, 1.165) is 40.7 Å². The molecule has 164 valence electrons. The third kappa shape index (κ3) is 3.89. The topological polar surface area (TPSA) is 41.6 Å². The summed E-state index contributed by atoms with van der Waals surface area (Å²) in [5.74, 6) is 0.890. The van der Waals surface area contributed by atoms with Crippen LogP contribution in [0.5, 0.6) is 0 Å². The zero-order valence-corrected chi connectivity index (χ0v) is 19.1. The second-order valence-corrected chi connectivity index (χ2v) is 8.85. The van der Waals surface area contributed by atoms with Crippen LogP contribution in [0.25, 0.3) is 11.1 Å². The van der Waals surface area contributed by atoms with Crippen LogP contribution in [-0.4, -0.2) is 41.6 Å². The molecule has 0 radical (unpaired) electrons. The van der Waals surface area contributed by atoms with Gasteiger partial charge in [0.05, 0.1) is 16.2 Å². The first-order valence-corrected chi connectivity index (χ1v) is 11.3. The lowest BCUT2D eigenvalue weighted by atomic mass is 10.1. The molecule has 1 aliphatic rings. The van der Waals surface area contributed by atoms with Gasteiger partial charge in [-0.15, -0.1) is 0 Å². The van der Waals surface area contributed by atoms with Gasteiger partial charge in [-0.3, -0.25) is 4.79 Å². The molecule has 2 aromatic heterocycles. The van der Waals surface area contributed by atoms with Crippen LogP contribution in [0.1, 0.15) is 27.4 Å². The lowest BCUT2D eigenvalue weighted by Crippen LogP contribution is -2.49. The first-order valence-electron chi connectivity index (χ1n) is 10.9. The normalized spacial score (nSPS) is 14.3. The van der Waals surface area contributed by atoms with Gasteiger partial charge >= 0.3 is 0 Å². The number of aromatic nitrogens is 1. The van der Waals surface area contributed by atoms with Crippen molar-refractivity contribution >= 4 is 34.3 Å². The molecule has 0 bridgehead atoms. The smallest absolute Gasteiger partial charge is 0.270 e. The number of amides is 1. The SMILES string of the molecule is Cc1cccc(Cn2c(C(=O)N3CCN(c4ccccc4Cl)CC3)cc3oc(C)cc32)c1. The Labute approximate surface area is 192 Å². The summed E-state index contributed by atoms with van der Waals surface area (Å²) in [6.45, 7) is 7.46. The average Bonchev–Trinajstić information content (AvgIpc) is 3.31. The molecule has 2 aromatic carbocycles. The number of hydrogen-bond donors (Lipinski definition) is 0. The fourth-order valence-corrected chi connectivity index (χ4v) is 4.78. The van der Waals surface area contributed by atoms with Crippen LogP contribution in [0.3, 0.4) is 0 Å². The predicted octanol–water partition coefficient (Wildman–Crippen LogP) is 5.52. The Morgan fingerprint density at radius 3 is 2.50 bits per heavy atom. The molecule has 0 spiro atoms. The van der Waals surface area contributed by atoms with Crippen LogP contribution in [0.15, 0.2) is 65.1 Å². The Bertz CT molecular complexity index is 1280. The zero-order valence-electron chi connectivity index (χ0n) is 18.3. The second-order valence-electron chi connectivity index (χ2n) is 8.44. The third-order valence-corrected chi connectivity index (χ3v) is 6.43. The molecule has 4 aromatic rings. The highest BCUT2D eigenvalue weighted by Gasteiger charge is 2.27. The van der Waals surface area contributed by atoms with Crippen molar-refractivity contribution in [2.45, 2.75) is 20.4 Å². The van der Waals surface area contributed by atoms with Crippen molar-refractivity contribution in [3.8, 4) is 0 Å². The molecule has 3 heterocycles. The fourth-order valence-electron chi connectivity index (χ4n) is 4.53. The molecule has 5 nitrogen and oxygen atoms in total. The van der Waals surface area contributed by atoms with Crippen molar-refractivity contribution in [1.82, 2.24) is 9.47 Å². The molecule has 1 amide bonds. The first-order chi connectivity index (χ1) is 15.5. The minimum Gasteiger partial charge on any atom is -0.460 e. The maximum atomic E-state index is 13.6. The van der Waals surface area contributed by atoms with E-state index >= 15 is 0 Å². The van der Waals surface area contributed by atoms with Gasteiger partial charge < -0.3 is 18.8 Å². The highest BCUT2D eigenvalue weighted by molar-refractivity contribution is 6.33. The lowest BCUT2D eigenvalue weighted by molar-refractivity contribution is 0.0737. The number of fused-ring (bicyclic) bond motifs is 1. The molecule has 0 saturated carbocycles. The maximum absolute atomic E-state index is 13.6. The maximum Gasteiger partial charge on any atom is 0.270 e. The molecule has 5 rings (SSSR count). The summed E-state index contributed by atoms with van der Waals surface area (Å²) in [7, 11) is 0. The molecule has 6 heteroatoms. The molecule has 1 aliphatic heterocycles. The molecule has 0 unspecified atom stereocenters. The number of anilines is 1. The first kappa shape index (κ1) is 20.7. The molecular weight excluding hydrogens is 422 g/mol. The van der Waals surface area contributed by atoms with Gasteiger partial charge in [-0.05, 0) is 31.5 Å². The quantitative estimate of drug-likeness (QED) is 0.414. The van der Waals surface area contributed by atoms with Crippen LogP contribution in [-0.2, 0) is 6.54 Å². The van der Waals surface area contributed by atoms with Crippen molar-refractivity contribution in [2.75, 3.05) is 31.1 Å². The predicted molar refractivity (Wildman–Crippen MR) is 129 cm³/mol. The number of aryl methyl sites for hydroxylation is 2. The number of benzene rings is 2. The van der Waals surface area contributed by atoms with Crippen molar-refractivity contribution in [3.05, 3.63) is 88.3 Å². The largest absolute Gasteiger partial charge is 0.460 e.